The van der Waals surface area contributed by atoms with Crippen molar-refractivity contribution in [2.45, 2.75) is 51.4 Å². The van der Waals surface area contributed by atoms with Gasteiger partial charge in [-0.2, -0.15) is 0 Å². The number of hydrogen-bond donors (Lipinski definition) is 0. The number of hydrogen-bond acceptors (Lipinski definition) is 2. The molecule has 0 bridgehead atoms. The monoisotopic (exact) mass is 288 g/mol. The first-order valence-corrected chi connectivity index (χ1v) is 8.69. The Hall–Kier alpha value is -1.05. The number of ether oxygens (including phenoxy) is 1. The van der Waals surface area contributed by atoms with Gasteiger partial charge >= 0.3 is 5.97 Å². The lowest BCUT2D eigenvalue weighted by Gasteiger charge is -2.26. The molecule has 0 N–H and O–H groups in total. The molecule has 21 heavy (non-hydrogen) atoms. The summed E-state index contributed by atoms with van der Waals surface area (Å²) in [5, 5.41) is 0. The summed E-state index contributed by atoms with van der Waals surface area (Å²) in [7, 11) is 0. The number of esters is 1. The maximum Gasteiger partial charge on any atom is 0.333 e. The number of carbonyl (C=O) groups excluding carboxylic acids is 1. The van der Waals surface area contributed by atoms with Crippen LogP contribution < -0.4 is 0 Å². The first kappa shape index (κ1) is 14.9. The van der Waals surface area contributed by atoms with Crippen LogP contribution in [0.25, 0.3) is 0 Å². The Bertz CT molecular complexity index is 407. The van der Waals surface area contributed by atoms with Crippen LogP contribution in [0.15, 0.2) is 24.8 Å². The fraction of sp³-hybridized carbons (Fsp3) is 0.737. The van der Waals surface area contributed by atoms with Crippen LogP contribution in [0.3, 0.4) is 0 Å². The van der Waals surface area contributed by atoms with E-state index in [4.69, 9.17) is 4.74 Å². The van der Waals surface area contributed by atoms with Gasteiger partial charge in [-0.05, 0) is 74.5 Å². The van der Waals surface area contributed by atoms with Gasteiger partial charge in [-0.1, -0.05) is 19.1 Å². The van der Waals surface area contributed by atoms with Crippen molar-refractivity contribution in [2.24, 2.45) is 29.6 Å². The molecule has 0 heterocycles. The van der Waals surface area contributed by atoms with Crippen LogP contribution in [0.1, 0.15) is 51.4 Å². The molecule has 2 heteroatoms. The summed E-state index contributed by atoms with van der Waals surface area (Å²) in [4.78, 5) is 12.1. The lowest BCUT2D eigenvalue weighted by molar-refractivity contribution is -0.139. The average Bonchev–Trinajstić information content (AvgIpc) is 2.98. The van der Waals surface area contributed by atoms with Crippen molar-refractivity contribution >= 4 is 5.97 Å². The van der Waals surface area contributed by atoms with Crippen LogP contribution in [-0.2, 0) is 9.53 Å². The molecule has 0 aromatic heterocycles. The first-order chi connectivity index (χ1) is 10.2. The standard InChI is InChI=1S/C19H28O2/c1-3-14-7-9-15(10-8-14)11-12-21-19(20)13(2)18-16-5-4-6-17(16)18/h3,14-18H,1-2,4-12H2. The number of carbonyl (C=O) groups is 1. The third-order valence-electron chi connectivity index (χ3n) is 6.06. The number of fused-ring (bicyclic) bond motifs is 1. The molecule has 0 aromatic rings. The molecule has 3 aliphatic carbocycles. The van der Waals surface area contributed by atoms with Crippen LogP contribution in [0, 0.1) is 29.6 Å². The van der Waals surface area contributed by atoms with Crippen molar-refractivity contribution in [2.75, 3.05) is 6.61 Å². The highest BCUT2D eigenvalue weighted by Gasteiger charge is 2.55. The second-order valence-electron chi connectivity index (χ2n) is 7.25. The molecular formula is C19H28O2. The third-order valence-corrected chi connectivity index (χ3v) is 6.06. The van der Waals surface area contributed by atoms with Crippen LogP contribution in [-0.4, -0.2) is 12.6 Å². The van der Waals surface area contributed by atoms with Crippen molar-refractivity contribution in [3.8, 4) is 0 Å². The second-order valence-corrected chi connectivity index (χ2v) is 7.25. The molecule has 116 valence electrons. The Labute approximate surface area is 128 Å². The van der Waals surface area contributed by atoms with Gasteiger partial charge in [0.25, 0.3) is 0 Å². The lowest BCUT2D eigenvalue weighted by Crippen LogP contribution is -2.17. The lowest BCUT2D eigenvalue weighted by atomic mass is 9.81. The van der Waals surface area contributed by atoms with Gasteiger partial charge < -0.3 is 4.74 Å². The Morgan fingerprint density at radius 2 is 1.76 bits per heavy atom. The van der Waals surface area contributed by atoms with E-state index in [-0.39, 0.29) is 5.97 Å². The Balaban J connectivity index is 1.33. The molecule has 0 radical (unpaired) electrons. The number of allylic oxidation sites excluding steroid dienone is 1. The van der Waals surface area contributed by atoms with Crippen molar-refractivity contribution in [1.29, 1.82) is 0 Å². The summed E-state index contributed by atoms with van der Waals surface area (Å²) >= 11 is 0. The van der Waals surface area contributed by atoms with Crippen LogP contribution in [0.4, 0.5) is 0 Å². The SMILES string of the molecule is C=CC1CCC(CCOC(=O)C(=C)C2C3CCCC32)CC1. The largest absolute Gasteiger partial charge is 0.462 e. The molecule has 3 rings (SSSR count). The Morgan fingerprint density at radius 1 is 1.10 bits per heavy atom. The topological polar surface area (TPSA) is 26.3 Å². The van der Waals surface area contributed by atoms with Gasteiger partial charge in [0, 0.05) is 5.57 Å². The zero-order chi connectivity index (χ0) is 14.8. The van der Waals surface area contributed by atoms with Gasteiger partial charge in [0.2, 0.25) is 0 Å². The van der Waals surface area contributed by atoms with Gasteiger partial charge in [-0.3, -0.25) is 0 Å². The fourth-order valence-electron chi connectivity index (χ4n) is 4.60. The molecule has 0 spiro atoms. The van der Waals surface area contributed by atoms with Gasteiger partial charge in [0.1, 0.15) is 0 Å². The molecule has 0 aromatic carbocycles. The molecule has 2 nitrogen and oxygen atoms in total. The molecule has 3 aliphatic rings. The summed E-state index contributed by atoms with van der Waals surface area (Å²) in [6.45, 7) is 8.45. The molecule has 3 saturated carbocycles. The van der Waals surface area contributed by atoms with Gasteiger partial charge in [0.05, 0.1) is 6.61 Å². The molecule has 0 aliphatic heterocycles. The van der Waals surface area contributed by atoms with Gasteiger partial charge in [0.15, 0.2) is 0 Å². The second kappa shape index (κ2) is 6.37. The Kier molecular flexibility index (Phi) is 4.51. The summed E-state index contributed by atoms with van der Waals surface area (Å²) in [6, 6.07) is 0. The quantitative estimate of drug-likeness (QED) is 0.408. The van der Waals surface area contributed by atoms with Crippen LogP contribution in [0.5, 0.6) is 0 Å². The van der Waals surface area contributed by atoms with Crippen LogP contribution >= 0.6 is 0 Å². The first-order valence-electron chi connectivity index (χ1n) is 8.69. The van der Waals surface area contributed by atoms with Crippen molar-refractivity contribution in [3.63, 3.8) is 0 Å². The average molecular weight is 288 g/mol. The minimum atomic E-state index is -0.130. The summed E-state index contributed by atoms with van der Waals surface area (Å²) in [5.41, 5.74) is 0.750. The fourth-order valence-corrected chi connectivity index (χ4v) is 4.60. The van der Waals surface area contributed by atoms with Crippen molar-refractivity contribution in [1.82, 2.24) is 0 Å². The van der Waals surface area contributed by atoms with Crippen LogP contribution in [0.2, 0.25) is 0 Å². The van der Waals surface area contributed by atoms with E-state index in [9.17, 15) is 4.79 Å². The zero-order valence-electron chi connectivity index (χ0n) is 13.1. The molecule has 2 unspecified atom stereocenters. The molecular weight excluding hydrogens is 260 g/mol. The molecule has 0 amide bonds. The maximum atomic E-state index is 12.1. The van der Waals surface area contributed by atoms with E-state index < -0.39 is 0 Å². The normalized spacial score (nSPS) is 37.6. The zero-order valence-corrected chi connectivity index (χ0v) is 13.1. The van der Waals surface area contributed by atoms with E-state index >= 15 is 0 Å². The van der Waals surface area contributed by atoms with E-state index in [1.54, 1.807) is 0 Å². The minimum absolute atomic E-state index is 0.130. The van der Waals surface area contributed by atoms with E-state index in [1.807, 2.05) is 0 Å². The van der Waals surface area contributed by atoms with E-state index in [2.05, 4.69) is 19.2 Å². The highest BCUT2D eigenvalue weighted by Crippen LogP contribution is 2.60. The van der Waals surface area contributed by atoms with Crippen molar-refractivity contribution < 1.29 is 9.53 Å². The minimum Gasteiger partial charge on any atom is -0.462 e. The maximum absolute atomic E-state index is 12.1. The smallest absolute Gasteiger partial charge is 0.333 e. The molecule has 3 fully saturated rings. The summed E-state index contributed by atoms with van der Waals surface area (Å²) in [6.07, 6.45) is 12.0. The predicted molar refractivity (Wildman–Crippen MR) is 84.7 cm³/mol. The van der Waals surface area contributed by atoms with Gasteiger partial charge in [-0.15, -0.1) is 6.58 Å². The number of rotatable bonds is 6. The van der Waals surface area contributed by atoms with E-state index in [0.717, 1.165) is 29.7 Å². The molecule has 0 saturated heterocycles. The predicted octanol–water partition coefficient (Wildman–Crippen LogP) is 4.51. The summed E-state index contributed by atoms with van der Waals surface area (Å²) < 4.78 is 5.47. The highest BCUT2D eigenvalue weighted by atomic mass is 16.5. The van der Waals surface area contributed by atoms with E-state index in [0.29, 0.717) is 18.4 Å². The highest BCUT2D eigenvalue weighted by molar-refractivity contribution is 5.89. The van der Waals surface area contributed by atoms with E-state index in [1.165, 1.54) is 44.9 Å². The Morgan fingerprint density at radius 3 is 2.38 bits per heavy atom. The third kappa shape index (κ3) is 3.25. The summed E-state index contributed by atoms with van der Waals surface area (Å²) in [5.74, 6) is 3.25. The van der Waals surface area contributed by atoms with Crippen molar-refractivity contribution in [3.05, 3.63) is 24.8 Å². The molecule has 2 atom stereocenters. The van der Waals surface area contributed by atoms with Gasteiger partial charge in [-0.25, -0.2) is 4.79 Å².